The summed E-state index contributed by atoms with van der Waals surface area (Å²) in [6.07, 6.45) is 2.18. The van der Waals surface area contributed by atoms with Crippen LogP contribution in [0.15, 0.2) is 0 Å². The van der Waals surface area contributed by atoms with Gasteiger partial charge in [0.1, 0.15) is 0 Å². The molecule has 0 saturated carbocycles. The first-order valence-corrected chi connectivity index (χ1v) is 4.71. The number of piperidine rings is 1. The molecule has 0 spiro atoms. The van der Waals surface area contributed by atoms with Crippen molar-refractivity contribution < 1.29 is 4.79 Å². The SMILES string of the molecule is CCN(C)C(=O)C1CCCNC1. The number of rotatable bonds is 2. The lowest BCUT2D eigenvalue weighted by atomic mass is 9.98. The summed E-state index contributed by atoms with van der Waals surface area (Å²) in [6, 6.07) is 0. The van der Waals surface area contributed by atoms with Crippen LogP contribution in [0.25, 0.3) is 0 Å². The van der Waals surface area contributed by atoms with Crippen LogP contribution in [0.2, 0.25) is 0 Å². The summed E-state index contributed by atoms with van der Waals surface area (Å²) in [5.41, 5.74) is 0. The van der Waals surface area contributed by atoms with Crippen LogP contribution in [-0.4, -0.2) is 37.5 Å². The smallest absolute Gasteiger partial charge is 0.226 e. The number of hydrogen-bond acceptors (Lipinski definition) is 2. The van der Waals surface area contributed by atoms with Crippen LogP contribution in [-0.2, 0) is 4.79 Å². The maximum Gasteiger partial charge on any atom is 0.226 e. The van der Waals surface area contributed by atoms with E-state index in [1.54, 1.807) is 4.90 Å². The standard InChI is InChI=1S/C9H18N2O/c1-3-11(2)9(12)8-5-4-6-10-7-8/h8,10H,3-7H2,1-2H3. The van der Waals surface area contributed by atoms with Crippen LogP contribution in [0.5, 0.6) is 0 Å². The number of nitrogens with zero attached hydrogens (tertiary/aromatic N) is 1. The van der Waals surface area contributed by atoms with Crippen molar-refractivity contribution >= 4 is 5.91 Å². The Labute approximate surface area is 74.1 Å². The molecule has 0 aromatic heterocycles. The largest absolute Gasteiger partial charge is 0.346 e. The van der Waals surface area contributed by atoms with Crippen molar-refractivity contribution in [2.45, 2.75) is 19.8 Å². The maximum absolute atomic E-state index is 11.6. The predicted octanol–water partition coefficient (Wildman–Crippen LogP) is 0.464. The van der Waals surface area contributed by atoms with Gasteiger partial charge in [0.05, 0.1) is 5.92 Å². The van der Waals surface area contributed by atoms with Crippen molar-refractivity contribution in [2.24, 2.45) is 5.92 Å². The Bertz CT molecular complexity index is 153. The van der Waals surface area contributed by atoms with Gasteiger partial charge in [-0.2, -0.15) is 0 Å². The van der Waals surface area contributed by atoms with E-state index in [1.807, 2.05) is 14.0 Å². The molecule has 1 unspecified atom stereocenters. The normalized spacial score (nSPS) is 23.7. The summed E-state index contributed by atoms with van der Waals surface area (Å²) >= 11 is 0. The zero-order valence-corrected chi connectivity index (χ0v) is 7.97. The van der Waals surface area contributed by atoms with Crippen molar-refractivity contribution in [3.63, 3.8) is 0 Å². The van der Waals surface area contributed by atoms with Gasteiger partial charge in [0.15, 0.2) is 0 Å². The van der Waals surface area contributed by atoms with Gasteiger partial charge in [-0.25, -0.2) is 0 Å². The predicted molar refractivity (Wildman–Crippen MR) is 48.9 cm³/mol. The third kappa shape index (κ3) is 2.21. The number of hydrogen-bond donors (Lipinski definition) is 1. The highest BCUT2D eigenvalue weighted by Gasteiger charge is 2.22. The summed E-state index contributed by atoms with van der Waals surface area (Å²) < 4.78 is 0. The Balaban J connectivity index is 2.39. The first kappa shape index (κ1) is 9.52. The van der Waals surface area contributed by atoms with E-state index >= 15 is 0 Å². The average molecular weight is 170 g/mol. The van der Waals surface area contributed by atoms with Gasteiger partial charge in [-0.15, -0.1) is 0 Å². The molecule has 1 fully saturated rings. The molecule has 1 aliphatic heterocycles. The highest BCUT2D eigenvalue weighted by atomic mass is 16.2. The third-order valence-corrected chi connectivity index (χ3v) is 2.50. The van der Waals surface area contributed by atoms with Gasteiger partial charge in [0.2, 0.25) is 5.91 Å². The molecule has 1 amide bonds. The average Bonchev–Trinajstić information content (AvgIpc) is 2.17. The molecule has 0 radical (unpaired) electrons. The minimum atomic E-state index is 0.226. The highest BCUT2D eigenvalue weighted by Crippen LogP contribution is 2.12. The van der Waals surface area contributed by atoms with Crippen molar-refractivity contribution in [3.05, 3.63) is 0 Å². The van der Waals surface area contributed by atoms with Crippen LogP contribution in [0, 0.1) is 5.92 Å². The minimum absolute atomic E-state index is 0.226. The molecule has 12 heavy (non-hydrogen) atoms. The van der Waals surface area contributed by atoms with E-state index in [1.165, 1.54) is 0 Å². The quantitative estimate of drug-likeness (QED) is 0.653. The van der Waals surface area contributed by atoms with E-state index in [9.17, 15) is 4.79 Å². The van der Waals surface area contributed by atoms with Crippen LogP contribution < -0.4 is 5.32 Å². The monoisotopic (exact) mass is 170 g/mol. The molecule has 1 N–H and O–H groups in total. The second-order valence-electron chi connectivity index (χ2n) is 3.40. The van der Waals surface area contributed by atoms with E-state index in [2.05, 4.69) is 5.32 Å². The lowest BCUT2D eigenvalue weighted by molar-refractivity contribution is -0.134. The zero-order chi connectivity index (χ0) is 8.97. The van der Waals surface area contributed by atoms with Crippen molar-refractivity contribution in [1.82, 2.24) is 10.2 Å². The van der Waals surface area contributed by atoms with Crippen molar-refractivity contribution in [3.8, 4) is 0 Å². The fourth-order valence-electron chi connectivity index (χ4n) is 1.53. The lowest BCUT2D eigenvalue weighted by Crippen LogP contribution is -2.41. The van der Waals surface area contributed by atoms with E-state index in [0.717, 1.165) is 32.5 Å². The molecular formula is C9H18N2O. The van der Waals surface area contributed by atoms with Gasteiger partial charge in [0.25, 0.3) is 0 Å². The van der Waals surface area contributed by atoms with Crippen molar-refractivity contribution in [1.29, 1.82) is 0 Å². The van der Waals surface area contributed by atoms with E-state index in [-0.39, 0.29) is 5.92 Å². The summed E-state index contributed by atoms with van der Waals surface area (Å²) in [7, 11) is 1.87. The molecule has 0 aromatic carbocycles. The van der Waals surface area contributed by atoms with Crippen molar-refractivity contribution in [2.75, 3.05) is 26.7 Å². The Morgan fingerprint density at radius 1 is 1.67 bits per heavy atom. The van der Waals surface area contributed by atoms with Gasteiger partial charge in [-0.1, -0.05) is 0 Å². The second kappa shape index (κ2) is 4.45. The zero-order valence-electron chi connectivity index (χ0n) is 7.97. The fourth-order valence-corrected chi connectivity index (χ4v) is 1.53. The van der Waals surface area contributed by atoms with Gasteiger partial charge in [-0.05, 0) is 26.3 Å². The van der Waals surface area contributed by atoms with E-state index in [0.29, 0.717) is 5.91 Å². The van der Waals surface area contributed by atoms with Gasteiger partial charge in [0, 0.05) is 20.1 Å². The van der Waals surface area contributed by atoms with E-state index < -0.39 is 0 Å². The molecule has 1 saturated heterocycles. The minimum Gasteiger partial charge on any atom is -0.346 e. The van der Waals surface area contributed by atoms with Crippen LogP contribution in [0.3, 0.4) is 0 Å². The molecule has 0 aromatic rings. The fraction of sp³-hybridized carbons (Fsp3) is 0.889. The number of amides is 1. The first-order chi connectivity index (χ1) is 5.75. The van der Waals surface area contributed by atoms with Crippen LogP contribution in [0.1, 0.15) is 19.8 Å². The molecule has 3 nitrogen and oxygen atoms in total. The number of nitrogens with one attached hydrogen (secondary N) is 1. The first-order valence-electron chi connectivity index (χ1n) is 4.71. The van der Waals surface area contributed by atoms with Crippen LogP contribution >= 0.6 is 0 Å². The highest BCUT2D eigenvalue weighted by molar-refractivity contribution is 5.78. The molecule has 1 heterocycles. The molecule has 1 rings (SSSR count). The molecule has 70 valence electrons. The Morgan fingerprint density at radius 3 is 2.92 bits per heavy atom. The number of carbonyl (C=O) groups is 1. The van der Waals surface area contributed by atoms with Gasteiger partial charge in [-0.3, -0.25) is 4.79 Å². The Hall–Kier alpha value is -0.570. The summed E-state index contributed by atoms with van der Waals surface area (Å²) in [5.74, 6) is 0.522. The Kier molecular flexibility index (Phi) is 3.53. The molecular weight excluding hydrogens is 152 g/mol. The Morgan fingerprint density at radius 2 is 2.42 bits per heavy atom. The summed E-state index contributed by atoms with van der Waals surface area (Å²) in [5, 5.41) is 3.25. The number of carbonyl (C=O) groups excluding carboxylic acids is 1. The third-order valence-electron chi connectivity index (χ3n) is 2.50. The molecule has 1 atom stereocenters. The molecule has 0 aliphatic carbocycles. The maximum atomic E-state index is 11.6. The second-order valence-corrected chi connectivity index (χ2v) is 3.40. The van der Waals surface area contributed by atoms with E-state index in [4.69, 9.17) is 0 Å². The summed E-state index contributed by atoms with van der Waals surface area (Å²) in [4.78, 5) is 13.4. The van der Waals surface area contributed by atoms with Gasteiger partial charge < -0.3 is 10.2 Å². The van der Waals surface area contributed by atoms with Crippen LogP contribution in [0.4, 0.5) is 0 Å². The molecule has 3 heteroatoms. The lowest BCUT2D eigenvalue weighted by Gasteiger charge is -2.26. The topological polar surface area (TPSA) is 32.3 Å². The summed E-state index contributed by atoms with van der Waals surface area (Å²) in [6.45, 7) is 4.76. The van der Waals surface area contributed by atoms with Gasteiger partial charge >= 0.3 is 0 Å². The molecule has 1 aliphatic rings. The molecule has 0 bridgehead atoms.